The predicted molar refractivity (Wildman–Crippen MR) is 125 cm³/mol. The van der Waals surface area contributed by atoms with E-state index in [1.165, 1.54) is 37.9 Å². The number of amides is 1. The van der Waals surface area contributed by atoms with Crippen molar-refractivity contribution in [3.8, 4) is 5.75 Å². The number of nitrogen functional groups attached to an aromatic ring is 1. The minimum absolute atomic E-state index is 0.314. The minimum Gasteiger partial charge on any atom is -0.494 e. The van der Waals surface area contributed by atoms with E-state index in [0.29, 0.717) is 17.9 Å². The molecule has 0 atom stereocenters. The van der Waals surface area contributed by atoms with Gasteiger partial charge in [0.2, 0.25) is 6.41 Å². The van der Waals surface area contributed by atoms with Crippen LogP contribution in [0.15, 0.2) is 24.3 Å². The molecule has 1 amide bonds. The van der Waals surface area contributed by atoms with E-state index in [9.17, 15) is 4.79 Å². The van der Waals surface area contributed by atoms with Crippen LogP contribution in [-0.4, -0.2) is 47.3 Å². The molecule has 2 heterocycles. The molecule has 170 valence electrons. The van der Waals surface area contributed by atoms with Crippen molar-refractivity contribution in [3.05, 3.63) is 29.8 Å². The summed E-state index contributed by atoms with van der Waals surface area (Å²) in [7, 11) is 1.80. The summed E-state index contributed by atoms with van der Waals surface area (Å²) in [6.45, 7) is 4.99. The van der Waals surface area contributed by atoms with Crippen LogP contribution in [0.3, 0.4) is 0 Å². The number of nitrogens with two attached hydrogens (primary N) is 1. The lowest BCUT2D eigenvalue weighted by Crippen LogP contribution is -2.29. The summed E-state index contributed by atoms with van der Waals surface area (Å²) in [6, 6.07) is 8.52. The molecule has 4 N–H and O–H groups in total. The van der Waals surface area contributed by atoms with Gasteiger partial charge in [-0.2, -0.15) is 5.10 Å². The number of nitrogens with one attached hydrogen (secondary N) is 2. The molecule has 1 aliphatic heterocycles. The summed E-state index contributed by atoms with van der Waals surface area (Å²) in [5.74, 6) is 2.02. The molecule has 0 unspecified atom stereocenters. The van der Waals surface area contributed by atoms with Gasteiger partial charge in [0.1, 0.15) is 17.3 Å². The summed E-state index contributed by atoms with van der Waals surface area (Å²) < 4.78 is 7.62. The van der Waals surface area contributed by atoms with Gasteiger partial charge in [-0.3, -0.25) is 9.69 Å². The molecule has 1 saturated heterocycles. The van der Waals surface area contributed by atoms with Crippen molar-refractivity contribution in [2.24, 2.45) is 7.05 Å². The molecule has 0 spiro atoms. The fraction of sp³-hybridized carbons (Fsp3) is 0.565. The lowest BCUT2D eigenvalue weighted by molar-refractivity contribution is -0.105. The topological polar surface area (TPSA) is 97.4 Å². The number of hydrogen-bond donors (Lipinski definition) is 3. The standard InChI is InChI=1S/C23H36N6O2/c1-28-23(21(26-18-30)22(24)27-28)25-12-5-2-3-8-15-31-20-11-9-10-19(16-20)17-29-13-6-4-7-14-29/h9-11,16,18,25H,2-8,12-15,17H2,1H3,(H2,24,27)(H,26,30). The highest BCUT2D eigenvalue weighted by Gasteiger charge is 2.13. The molecule has 31 heavy (non-hydrogen) atoms. The van der Waals surface area contributed by atoms with Gasteiger partial charge in [-0.05, 0) is 56.5 Å². The van der Waals surface area contributed by atoms with Crippen LogP contribution < -0.4 is 21.1 Å². The number of ether oxygens (including phenoxy) is 1. The smallest absolute Gasteiger partial charge is 0.211 e. The Balaban J connectivity index is 1.29. The van der Waals surface area contributed by atoms with Crippen molar-refractivity contribution < 1.29 is 9.53 Å². The maximum atomic E-state index is 10.7. The number of nitrogens with zero attached hydrogens (tertiary/aromatic N) is 3. The molecule has 1 aliphatic rings. The van der Waals surface area contributed by atoms with Crippen molar-refractivity contribution in [1.29, 1.82) is 0 Å². The Bertz CT molecular complexity index is 816. The Kier molecular flexibility index (Phi) is 9.02. The van der Waals surface area contributed by atoms with Gasteiger partial charge in [0.05, 0.1) is 6.61 Å². The second kappa shape index (κ2) is 12.2. The molecular formula is C23H36N6O2. The van der Waals surface area contributed by atoms with Crippen LogP contribution in [-0.2, 0) is 18.4 Å². The first kappa shape index (κ1) is 22.9. The molecule has 1 aromatic heterocycles. The second-order valence-electron chi connectivity index (χ2n) is 8.17. The number of hydrogen-bond acceptors (Lipinski definition) is 6. The number of anilines is 3. The molecule has 0 saturated carbocycles. The average molecular weight is 429 g/mol. The summed E-state index contributed by atoms with van der Waals surface area (Å²) in [5, 5.41) is 10.0. The summed E-state index contributed by atoms with van der Waals surface area (Å²) >= 11 is 0. The van der Waals surface area contributed by atoms with Crippen LogP contribution in [0.5, 0.6) is 5.75 Å². The van der Waals surface area contributed by atoms with Crippen molar-refractivity contribution in [3.63, 3.8) is 0 Å². The Morgan fingerprint density at radius 2 is 1.97 bits per heavy atom. The first-order valence-electron chi connectivity index (χ1n) is 11.4. The lowest BCUT2D eigenvalue weighted by atomic mass is 10.1. The minimum atomic E-state index is 0.314. The Labute approximate surface area is 185 Å². The van der Waals surface area contributed by atoms with Crippen LogP contribution >= 0.6 is 0 Å². The Hall–Kier alpha value is -2.74. The van der Waals surface area contributed by atoms with Crippen LogP contribution in [0.2, 0.25) is 0 Å². The van der Waals surface area contributed by atoms with E-state index >= 15 is 0 Å². The fourth-order valence-corrected chi connectivity index (χ4v) is 4.04. The molecular weight excluding hydrogens is 392 g/mol. The molecule has 0 aliphatic carbocycles. The maximum Gasteiger partial charge on any atom is 0.211 e. The van der Waals surface area contributed by atoms with E-state index in [2.05, 4.69) is 38.8 Å². The highest BCUT2D eigenvalue weighted by Crippen LogP contribution is 2.27. The molecule has 0 radical (unpaired) electrons. The van der Waals surface area contributed by atoms with Crippen LogP contribution in [0.1, 0.15) is 50.5 Å². The van der Waals surface area contributed by atoms with Gasteiger partial charge in [0.15, 0.2) is 5.82 Å². The van der Waals surface area contributed by atoms with Crippen LogP contribution in [0.25, 0.3) is 0 Å². The van der Waals surface area contributed by atoms with Gasteiger partial charge in [-0.15, -0.1) is 0 Å². The van der Waals surface area contributed by atoms with Gasteiger partial charge < -0.3 is 21.1 Å². The van der Waals surface area contributed by atoms with Gasteiger partial charge in [-0.25, -0.2) is 4.68 Å². The lowest BCUT2D eigenvalue weighted by Gasteiger charge is -2.26. The maximum absolute atomic E-state index is 10.7. The van der Waals surface area contributed by atoms with Crippen molar-refractivity contribution in [1.82, 2.24) is 14.7 Å². The SMILES string of the molecule is Cn1nc(N)c(NC=O)c1NCCCCCCOc1cccc(CN2CCCCC2)c1. The molecule has 1 aromatic carbocycles. The predicted octanol–water partition coefficient (Wildman–Crippen LogP) is 3.61. The van der Waals surface area contributed by atoms with E-state index in [1.54, 1.807) is 11.7 Å². The molecule has 0 bridgehead atoms. The van der Waals surface area contributed by atoms with E-state index < -0.39 is 0 Å². The number of aromatic nitrogens is 2. The van der Waals surface area contributed by atoms with Gasteiger partial charge in [-0.1, -0.05) is 31.4 Å². The third kappa shape index (κ3) is 7.17. The number of piperidine rings is 1. The molecule has 2 aromatic rings. The Morgan fingerprint density at radius 3 is 2.77 bits per heavy atom. The van der Waals surface area contributed by atoms with Crippen molar-refractivity contribution in [2.45, 2.75) is 51.5 Å². The number of carbonyl (C=O) groups is 1. The molecule has 8 nitrogen and oxygen atoms in total. The van der Waals surface area contributed by atoms with Crippen molar-refractivity contribution >= 4 is 23.7 Å². The zero-order valence-electron chi connectivity index (χ0n) is 18.6. The number of carbonyl (C=O) groups excluding carboxylic acids is 1. The highest BCUT2D eigenvalue weighted by atomic mass is 16.5. The molecule has 1 fully saturated rings. The third-order valence-electron chi connectivity index (χ3n) is 5.66. The van der Waals surface area contributed by atoms with Gasteiger partial charge in [0.25, 0.3) is 0 Å². The Morgan fingerprint density at radius 1 is 1.16 bits per heavy atom. The average Bonchev–Trinajstić information content (AvgIpc) is 3.04. The van der Waals surface area contributed by atoms with E-state index in [4.69, 9.17) is 10.5 Å². The molecule has 3 rings (SSSR count). The zero-order chi connectivity index (χ0) is 21.9. The number of rotatable bonds is 13. The first-order valence-corrected chi connectivity index (χ1v) is 11.4. The highest BCUT2D eigenvalue weighted by molar-refractivity contribution is 5.86. The number of aryl methyl sites for hydroxylation is 1. The largest absolute Gasteiger partial charge is 0.494 e. The van der Waals surface area contributed by atoms with E-state index in [-0.39, 0.29) is 0 Å². The van der Waals surface area contributed by atoms with Crippen LogP contribution in [0, 0.1) is 0 Å². The van der Waals surface area contributed by atoms with Crippen LogP contribution in [0.4, 0.5) is 17.3 Å². The fourth-order valence-electron chi connectivity index (χ4n) is 4.04. The van der Waals surface area contributed by atoms with E-state index in [1.807, 2.05) is 6.07 Å². The monoisotopic (exact) mass is 428 g/mol. The summed E-state index contributed by atoms with van der Waals surface area (Å²) in [4.78, 5) is 13.3. The third-order valence-corrected chi connectivity index (χ3v) is 5.66. The summed E-state index contributed by atoms with van der Waals surface area (Å²) in [5.41, 5.74) is 7.68. The molecule has 8 heteroatoms. The van der Waals surface area contributed by atoms with Gasteiger partial charge in [0, 0.05) is 20.1 Å². The quantitative estimate of drug-likeness (QED) is 0.333. The zero-order valence-corrected chi connectivity index (χ0v) is 18.6. The first-order chi connectivity index (χ1) is 15.2. The van der Waals surface area contributed by atoms with Crippen molar-refractivity contribution in [2.75, 3.05) is 42.6 Å². The number of benzene rings is 1. The van der Waals surface area contributed by atoms with E-state index in [0.717, 1.165) is 56.9 Å². The summed E-state index contributed by atoms with van der Waals surface area (Å²) in [6.07, 6.45) is 8.90. The normalized spacial score (nSPS) is 14.4. The number of unbranched alkanes of at least 4 members (excludes halogenated alkanes) is 3. The number of likely N-dealkylation sites (tertiary alicyclic amines) is 1. The van der Waals surface area contributed by atoms with Gasteiger partial charge >= 0.3 is 0 Å². The second-order valence-corrected chi connectivity index (χ2v) is 8.17.